The Labute approximate surface area is 90.5 Å². The van der Waals surface area contributed by atoms with Crippen molar-refractivity contribution < 1.29 is 4.55 Å². The van der Waals surface area contributed by atoms with E-state index in [4.69, 9.17) is 0 Å². The highest BCUT2D eigenvalue weighted by atomic mass is 32.2. The summed E-state index contributed by atoms with van der Waals surface area (Å²) in [6, 6.07) is 0. The number of unbranched alkanes of at least 4 members (excludes halogenated alkanes) is 2. The van der Waals surface area contributed by atoms with E-state index in [1.165, 1.54) is 0 Å². The van der Waals surface area contributed by atoms with Gasteiger partial charge in [-0.3, -0.25) is 0 Å². The van der Waals surface area contributed by atoms with Crippen LogP contribution < -0.4 is 15.4 Å². The molecule has 0 aliphatic heterocycles. The Hall–Kier alpha value is 0.190. The van der Waals surface area contributed by atoms with Gasteiger partial charge in [0.1, 0.15) is 5.75 Å². The van der Waals surface area contributed by atoms with Crippen LogP contribution in [0.15, 0.2) is 0 Å². The predicted molar refractivity (Wildman–Crippen MR) is 62.4 cm³/mol. The van der Waals surface area contributed by atoms with Gasteiger partial charge >= 0.3 is 0 Å². The lowest BCUT2D eigenvalue weighted by Gasteiger charge is -2.15. The standard InChI is InChI=1S/C9H23N3OS/c1-9(11-3)12-14(13)8-6-4-5-7-10-2/h9-12H,4-8H2,1-3H3. The molecule has 0 aromatic rings. The summed E-state index contributed by atoms with van der Waals surface area (Å²) in [4.78, 5) is 0. The van der Waals surface area contributed by atoms with E-state index >= 15 is 0 Å². The third-order valence-corrected chi connectivity index (χ3v) is 3.27. The second-order valence-corrected chi connectivity index (χ2v) is 4.68. The van der Waals surface area contributed by atoms with E-state index in [0.29, 0.717) is 0 Å². The topological polar surface area (TPSA) is 59.1 Å². The van der Waals surface area contributed by atoms with E-state index in [2.05, 4.69) is 15.4 Å². The molecule has 0 saturated heterocycles. The maximum Gasteiger partial charge on any atom is 0.125 e. The van der Waals surface area contributed by atoms with Crippen molar-refractivity contribution in [3.05, 3.63) is 0 Å². The minimum Gasteiger partial charge on any atom is -0.598 e. The van der Waals surface area contributed by atoms with Gasteiger partial charge in [0.2, 0.25) is 0 Å². The van der Waals surface area contributed by atoms with Crippen LogP contribution in [0.4, 0.5) is 0 Å². The molecule has 0 heterocycles. The highest BCUT2D eigenvalue weighted by Crippen LogP contribution is 1.98. The Morgan fingerprint density at radius 1 is 1.21 bits per heavy atom. The summed E-state index contributed by atoms with van der Waals surface area (Å²) >= 11 is -0.888. The molecular formula is C9H23N3OS. The van der Waals surface area contributed by atoms with E-state index in [1.54, 1.807) is 0 Å². The Bertz CT molecular complexity index is 127. The number of hydrogen-bond acceptors (Lipinski definition) is 4. The molecule has 3 N–H and O–H groups in total. The summed E-state index contributed by atoms with van der Waals surface area (Å²) in [5.41, 5.74) is 0. The maximum absolute atomic E-state index is 11.4. The van der Waals surface area contributed by atoms with Gasteiger partial charge in [0, 0.05) is 11.4 Å². The van der Waals surface area contributed by atoms with Crippen LogP contribution in [-0.2, 0) is 11.4 Å². The number of hydrogen-bond donors (Lipinski definition) is 3. The molecule has 14 heavy (non-hydrogen) atoms. The molecule has 4 nitrogen and oxygen atoms in total. The molecule has 0 amide bonds. The van der Waals surface area contributed by atoms with Gasteiger partial charge < -0.3 is 15.2 Å². The van der Waals surface area contributed by atoms with Gasteiger partial charge in [-0.05, 0) is 46.8 Å². The number of nitrogens with one attached hydrogen (secondary N) is 3. The Morgan fingerprint density at radius 2 is 1.93 bits per heavy atom. The normalized spacial score (nSPS) is 15.4. The molecule has 2 atom stereocenters. The third-order valence-electron chi connectivity index (χ3n) is 2.00. The van der Waals surface area contributed by atoms with E-state index in [9.17, 15) is 4.55 Å². The molecule has 2 unspecified atom stereocenters. The van der Waals surface area contributed by atoms with Crippen LogP contribution in [0.3, 0.4) is 0 Å². The van der Waals surface area contributed by atoms with Crippen molar-refractivity contribution in [2.24, 2.45) is 0 Å². The Morgan fingerprint density at radius 3 is 2.50 bits per heavy atom. The van der Waals surface area contributed by atoms with Gasteiger partial charge in [-0.25, -0.2) is 0 Å². The number of rotatable bonds is 9. The summed E-state index contributed by atoms with van der Waals surface area (Å²) in [6.45, 7) is 3.01. The molecule has 0 fully saturated rings. The minimum atomic E-state index is -0.888. The summed E-state index contributed by atoms with van der Waals surface area (Å²) < 4.78 is 14.4. The van der Waals surface area contributed by atoms with Crippen LogP contribution in [0.25, 0.3) is 0 Å². The molecular weight excluding hydrogens is 198 g/mol. The lowest BCUT2D eigenvalue weighted by atomic mass is 10.2. The smallest absolute Gasteiger partial charge is 0.125 e. The quantitative estimate of drug-likeness (QED) is 0.296. The summed E-state index contributed by atoms with van der Waals surface area (Å²) in [6.07, 6.45) is 3.45. The lowest BCUT2D eigenvalue weighted by Crippen LogP contribution is -2.42. The molecule has 0 aromatic heterocycles. The SMILES string of the molecule is CNCCCCC[S+]([O-])NC(C)NC. The van der Waals surface area contributed by atoms with Crippen LogP contribution in [0, 0.1) is 0 Å². The average Bonchev–Trinajstić information content (AvgIpc) is 2.17. The molecule has 0 aliphatic rings. The van der Waals surface area contributed by atoms with Crippen molar-refractivity contribution in [1.29, 1.82) is 0 Å². The van der Waals surface area contributed by atoms with Gasteiger partial charge in [-0.2, -0.15) is 0 Å². The first-order valence-corrected chi connectivity index (χ1v) is 6.49. The van der Waals surface area contributed by atoms with Crippen molar-refractivity contribution in [1.82, 2.24) is 15.4 Å². The maximum atomic E-state index is 11.4. The molecule has 0 rings (SSSR count). The largest absolute Gasteiger partial charge is 0.598 e. The molecule has 0 aromatic carbocycles. The fourth-order valence-corrected chi connectivity index (χ4v) is 2.12. The Kier molecular flexibility index (Phi) is 9.87. The third kappa shape index (κ3) is 8.77. The van der Waals surface area contributed by atoms with Crippen molar-refractivity contribution in [2.75, 3.05) is 26.4 Å². The molecule has 0 aliphatic carbocycles. The first-order chi connectivity index (χ1) is 6.70. The monoisotopic (exact) mass is 221 g/mol. The van der Waals surface area contributed by atoms with E-state index in [1.807, 2.05) is 21.0 Å². The van der Waals surface area contributed by atoms with Gasteiger partial charge in [0.25, 0.3) is 0 Å². The van der Waals surface area contributed by atoms with Crippen molar-refractivity contribution in [3.63, 3.8) is 0 Å². The van der Waals surface area contributed by atoms with E-state index in [0.717, 1.165) is 31.6 Å². The van der Waals surface area contributed by atoms with Crippen LogP contribution in [-0.4, -0.2) is 37.1 Å². The summed E-state index contributed by atoms with van der Waals surface area (Å²) in [5, 5.41) is 6.09. The fraction of sp³-hybridized carbons (Fsp3) is 1.00. The van der Waals surface area contributed by atoms with Gasteiger partial charge in [0.15, 0.2) is 0 Å². The summed E-state index contributed by atoms with van der Waals surface area (Å²) in [5.74, 6) is 0.746. The van der Waals surface area contributed by atoms with Crippen LogP contribution >= 0.6 is 0 Å². The second-order valence-electron chi connectivity index (χ2n) is 3.34. The van der Waals surface area contributed by atoms with E-state index < -0.39 is 11.4 Å². The van der Waals surface area contributed by atoms with Crippen molar-refractivity contribution >= 4 is 11.4 Å². The Balaban J connectivity index is 3.22. The molecule has 5 heteroatoms. The van der Waals surface area contributed by atoms with Gasteiger partial charge in [-0.1, -0.05) is 0 Å². The van der Waals surface area contributed by atoms with Crippen molar-refractivity contribution in [2.45, 2.75) is 32.4 Å². The fourth-order valence-electron chi connectivity index (χ4n) is 1.03. The minimum absolute atomic E-state index is 0.119. The lowest BCUT2D eigenvalue weighted by molar-refractivity contribution is 0.529. The average molecular weight is 221 g/mol. The highest BCUT2D eigenvalue weighted by molar-refractivity contribution is 7.89. The van der Waals surface area contributed by atoms with Gasteiger partial charge in [0.05, 0.1) is 6.17 Å². The molecule has 0 saturated carbocycles. The molecule has 0 radical (unpaired) electrons. The zero-order valence-electron chi connectivity index (χ0n) is 9.43. The van der Waals surface area contributed by atoms with Crippen LogP contribution in [0.5, 0.6) is 0 Å². The highest BCUT2D eigenvalue weighted by Gasteiger charge is 2.08. The first-order valence-electron chi connectivity index (χ1n) is 5.17. The van der Waals surface area contributed by atoms with E-state index in [-0.39, 0.29) is 6.17 Å². The summed E-state index contributed by atoms with van der Waals surface area (Å²) in [7, 11) is 3.80. The van der Waals surface area contributed by atoms with Crippen LogP contribution in [0.2, 0.25) is 0 Å². The molecule has 0 bridgehead atoms. The second kappa shape index (κ2) is 9.73. The zero-order valence-corrected chi connectivity index (χ0v) is 10.2. The van der Waals surface area contributed by atoms with Gasteiger partial charge in [-0.15, -0.1) is 4.72 Å². The molecule has 0 spiro atoms. The molecule has 86 valence electrons. The van der Waals surface area contributed by atoms with Crippen LogP contribution in [0.1, 0.15) is 26.2 Å². The first kappa shape index (κ1) is 14.2. The predicted octanol–water partition coefficient (Wildman–Crippen LogP) is 0.195. The zero-order chi connectivity index (χ0) is 10.8. The van der Waals surface area contributed by atoms with Crippen molar-refractivity contribution in [3.8, 4) is 0 Å².